The average molecular weight is 659 g/mol. The van der Waals surface area contributed by atoms with Crippen LogP contribution in [-0.2, 0) is 14.3 Å². The molecule has 7 nitrogen and oxygen atoms in total. The molecule has 0 aromatic heterocycles. The van der Waals surface area contributed by atoms with Gasteiger partial charge in [-0.05, 0) is 102 Å². The molecular formula is C32H40Cl2F3N3O4. The zero-order valence-corrected chi connectivity index (χ0v) is 26.6. The summed E-state index contributed by atoms with van der Waals surface area (Å²) < 4.78 is 48.7. The number of Topliss-reactive ketones (excluding diaryl/α,β-unsaturated/α-hetero) is 1. The van der Waals surface area contributed by atoms with E-state index in [1.54, 1.807) is 19.9 Å². The minimum atomic E-state index is -4.98. The predicted octanol–water partition coefficient (Wildman–Crippen LogP) is 7.54. The van der Waals surface area contributed by atoms with E-state index in [1.165, 1.54) is 25.0 Å². The topological polar surface area (TPSA) is 99.6 Å². The number of nitrogens with one attached hydrogen (secondary N) is 2. The van der Waals surface area contributed by atoms with Crippen molar-refractivity contribution in [3.63, 3.8) is 0 Å². The second-order valence-corrected chi connectivity index (χ2v) is 13.6. The Morgan fingerprint density at radius 1 is 1.05 bits per heavy atom. The van der Waals surface area contributed by atoms with Crippen LogP contribution in [0.4, 0.5) is 13.2 Å². The molecule has 3 fully saturated rings. The number of ether oxygens (including phenoxy) is 1. The number of alkyl halides is 3. The number of halogens is 5. The molecule has 0 radical (unpaired) electrons. The van der Waals surface area contributed by atoms with E-state index in [-0.39, 0.29) is 53.5 Å². The number of nitrogens with zero attached hydrogens (tertiary/aromatic N) is 1. The first-order chi connectivity index (χ1) is 20.7. The highest BCUT2D eigenvalue weighted by Crippen LogP contribution is 2.57. The maximum atomic E-state index is 14.5. The van der Waals surface area contributed by atoms with Gasteiger partial charge < -0.3 is 20.4 Å². The van der Waals surface area contributed by atoms with Gasteiger partial charge in [-0.2, -0.15) is 13.2 Å². The number of ketones is 1. The Kier molecular flexibility index (Phi) is 10.8. The Balaban J connectivity index is 1.60. The summed E-state index contributed by atoms with van der Waals surface area (Å²) in [6.07, 6.45) is 2.46. The van der Waals surface area contributed by atoms with E-state index in [2.05, 4.69) is 5.32 Å². The standard InChI is InChI=1S/C32H40Cl2F3N3O4/c1-3-44-29(43)30(2)11-9-21(10-12-30)39-27(32(35,36)37)22(17-38)28(42)40(18-20-7-13-31(14-8-20)15-16-31)19-25(41)26-23(33)5-4-6-24(26)34/h4-6,17,20-21,38-39H,3,7-16,18-19H2,1-2H3/b27-22+,38-17?/t21-,30-. The highest BCUT2D eigenvalue weighted by Gasteiger charge is 2.46. The largest absolute Gasteiger partial charge is 0.466 e. The number of rotatable bonds is 11. The number of benzene rings is 1. The molecule has 12 heteroatoms. The van der Waals surface area contributed by atoms with Crippen LogP contribution < -0.4 is 5.32 Å². The number of esters is 1. The fourth-order valence-electron chi connectivity index (χ4n) is 6.53. The third-order valence-corrected chi connectivity index (χ3v) is 10.2. The number of hydrogen-bond acceptors (Lipinski definition) is 6. The fraction of sp³-hybridized carbons (Fsp3) is 0.625. The first-order valence-electron chi connectivity index (χ1n) is 15.2. The number of hydrogen-bond donors (Lipinski definition) is 2. The molecule has 0 bridgehead atoms. The first-order valence-corrected chi connectivity index (χ1v) is 16.0. The molecule has 3 saturated carbocycles. The molecule has 0 atom stereocenters. The lowest BCUT2D eigenvalue weighted by Crippen LogP contribution is -2.46. The Morgan fingerprint density at radius 3 is 2.14 bits per heavy atom. The lowest BCUT2D eigenvalue weighted by Gasteiger charge is -2.37. The second-order valence-electron chi connectivity index (χ2n) is 12.8. The molecule has 0 saturated heterocycles. The van der Waals surface area contributed by atoms with Crippen molar-refractivity contribution in [2.24, 2.45) is 16.7 Å². The van der Waals surface area contributed by atoms with Crippen molar-refractivity contribution >= 4 is 47.1 Å². The fourth-order valence-corrected chi connectivity index (χ4v) is 7.14. The molecule has 0 heterocycles. The van der Waals surface area contributed by atoms with Gasteiger partial charge in [-0.25, -0.2) is 0 Å². The average Bonchev–Trinajstić information content (AvgIpc) is 3.73. The summed E-state index contributed by atoms with van der Waals surface area (Å²) >= 11 is 12.5. The van der Waals surface area contributed by atoms with Crippen molar-refractivity contribution < 1.29 is 32.3 Å². The van der Waals surface area contributed by atoms with Gasteiger partial charge in [0.05, 0.1) is 39.7 Å². The van der Waals surface area contributed by atoms with Crippen molar-refractivity contribution in [3.8, 4) is 0 Å². The molecule has 4 rings (SSSR count). The molecule has 3 aliphatic carbocycles. The quantitative estimate of drug-likeness (QED) is 0.111. The van der Waals surface area contributed by atoms with E-state index in [1.807, 2.05) is 0 Å². The van der Waals surface area contributed by atoms with E-state index in [4.69, 9.17) is 33.3 Å². The highest BCUT2D eigenvalue weighted by atomic mass is 35.5. The van der Waals surface area contributed by atoms with E-state index < -0.39 is 47.1 Å². The maximum Gasteiger partial charge on any atom is 0.431 e. The van der Waals surface area contributed by atoms with Crippen LogP contribution in [0, 0.1) is 22.2 Å². The smallest absolute Gasteiger partial charge is 0.431 e. The minimum Gasteiger partial charge on any atom is -0.466 e. The van der Waals surface area contributed by atoms with Crippen LogP contribution in [0.1, 0.15) is 88.4 Å². The highest BCUT2D eigenvalue weighted by molar-refractivity contribution is 6.40. The Labute approximate surface area is 266 Å². The van der Waals surface area contributed by atoms with Crippen LogP contribution >= 0.6 is 23.2 Å². The van der Waals surface area contributed by atoms with Gasteiger partial charge in [0.1, 0.15) is 5.70 Å². The molecule has 44 heavy (non-hydrogen) atoms. The van der Waals surface area contributed by atoms with Gasteiger partial charge in [0, 0.05) is 18.8 Å². The molecule has 242 valence electrons. The van der Waals surface area contributed by atoms with Crippen LogP contribution in [0.25, 0.3) is 0 Å². The third-order valence-electron chi connectivity index (χ3n) is 9.60. The van der Waals surface area contributed by atoms with Gasteiger partial charge in [0.15, 0.2) is 5.78 Å². The Bertz CT molecular complexity index is 1270. The monoisotopic (exact) mass is 657 g/mol. The van der Waals surface area contributed by atoms with Crippen molar-refractivity contribution in [3.05, 3.63) is 45.1 Å². The summed E-state index contributed by atoms with van der Waals surface area (Å²) in [5, 5.41) is 10.6. The van der Waals surface area contributed by atoms with Gasteiger partial charge in [-0.1, -0.05) is 29.3 Å². The number of carbonyl (C=O) groups is 3. The van der Waals surface area contributed by atoms with Crippen molar-refractivity contribution in [2.75, 3.05) is 19.7 Å². The van der Waals surface area contributed by atoms with Crippen LogP contribution in [0.3, 0.4) is 0 Å². The van der Waals surface area contributed by atoms with Crippen LogP contribution in [0.5, 0.6) is 0 Å². The van der Waals surface area contributed by atoms with E-state index in [0.29, 0.717) is 24.5 Å². The summed E-state index contributed by atoms with van der Waals surface area (Å²) in [4.78, 5) is 40.8. The van der Waals surface area contributed by atoms with Crippen molar-refractivity contribution in [1.82, 2.24) is 10.2 Å². The number of allylic oxidation sites excluding steroid dienone is 1. The molecule has 3 aliphatic rings. The molecule has 1 aromatic rings. The lowest BCUT2D eigenvalue weighted by molar-refractivity contribution is -0.156. The molecule has 0 aliphatic heterocycles. The number of carbonyl (C=O) groups excluding carboxylic acids is 3. The SMILES string of the molecule is CCOC(=O)[C@]1(C)CC[C@@H](N/C(=C(\C=N)C(=O)N(CC(=O)c2c(Cl)cccc2Cl)CC2CCC3(CC2)CC3)C(F)(F)F)CC1. The van der Waals surface area contributed by atoms with Gasteiger partial charge in [0.25, 0.3) is 5.91 Å². The van der Waals surface area contributed by atoms with Gasteiger partial charge in [0.2, 0.25) is 0 Å². The molecule has 1 aromatic carbocycles. The summed E-state index contributed by atoms with van der Waals surface area (Å²) in [6, 6.07) is 3.85. The number of amides is 1. The minimum absolute atomic E-state index is 0.00406. The van der Waals surface area contributed by atoms with Crippen molar-refractivity contribution in [2.45, 2.75) is 90.3 Å². The molecular weight excluding hydrogens is 618 g/mol. The van der Waals surface area contributed by atoms with Crippen LogP contribution in [0.2, 0.25) is 10.0 Å². The lowest BCUT2D eigenvalue weighted by atomic mass is 9.74. The summed E-state index contributed by atoms with van der Waals surface area (Å²) in [6.45, 7) is 3.19. The van der Waals surface area contributed by atoms with E-state index in [9.17, 15) is 27.6 Å². The molecule has 1 spiro atoms. The maximum absolute atomic E-state index is 14.5. The molecule has 1 amide bonds. The Hall–Kier alpha value is -2.59. The normalized spacial score (nSPS) is 23.8. The zero-order chi connectivity index (χ0) is 32.3. The van der Waals surface area contributed by atoms with E-state index in [0.717, 1.165) is 30.6 Å². The van der Waals surface area contributed by atoms with E-state index >= 15 is 0 Å². The van der Waals surface area contributed by atoms with Crippen LogP contribution in [0.15, 0.2) is 29.5 Å². The van der Waals surface area contributed by atoms with Gasteiger partial charge in [-0.15, -0.1) is 0 Å². The predicted molar refractivity (Wildman–Crippen MR) is 163 cm³/mol. The summed E-state index contributed by atoms with van der Waals surface area (Å²) in [7, 11) is 0. The molecule has 2 N–H and O–H groups in total. The zero-order valence-electron chi connectivity index (χ0n) is 25.1. The van der Waals surface area contributed by atoms with Gasteiger partial charge >= 0.3 is 12.1 Å². The molecule has 0 unspecified atom stereocenters. The summed E-state index contributed by atoms with van der Waals surface area (Å²) in [5.74, 6) is -2.03. The second kappa shape index (κ2) is 13.8. The third kappa shape index (κ3) is 7.97. The Morgan fingerprint density at radius 2 is 1.64 bits per heavy atom. The first kappa shape index (κ1) is 34.3. The van der Waals surface area contributed by atoms with Gasteiger partial charge in [-0.3, -0.25) is 14.4 Å². The van der Waals surface area contributed by atoms with Crippen molar-refractivity contribution in [1.29, 1.82) is 5.41 Å². The van der Waals surface area contributed by atoms with Crippen LogP contribution in [-0.4, -0.2) is 60.7 Å². The summed E-state index contributed by atoms with van der Waals surface area (Å²) in [5.41, 5.74) is -2.63.